The van der Waals surface area contributed by atoms with E-state index in [9.17, 15) is 106 Å². The van der Waals surface area contributed by atoms with Crippen LogP contribution in [-0.2, 0) is 123 Å². The maximum Gasteiger partial charge on any atom is 0.314 e. The minimum atomic E-state index is -2.12. The second-order valence-electron chi connectivity index (χ2n) is 30.3. The normalized spacial score (nSPS) is 28.1. The SMILES string of the molecule is CC[C@H](C)[C@@H]1NC(=O)CNC(=O)[C@@H]2Cc3c([nH]c4cc5c(cc34)CC(=O)C(C)NC(=O)C(C)NC(=O)CCCOCCNC(=O)C(N3C(=O)C=CC3=O)C(N3C(=O)C=CC3=O)C(=O)NCCOCCCC(=O)NC(C)C(=O)CC(C)C(=O)O5)SC[C@H](NC(=O)CNC1=O)C(=O)N[C@@H](CC(N)=O)C(=O)N1C[C@H](O)C[C@H]1C(=O)N[C@@H](C(C)[C@@H](O)CO)C(=O)N2. The Morgan fingerprint density at radius 1 is 0.582 bits per heavy atom. The van der Waals surface area contributed by atoms with E-state index in [1.165, 1.54) is 46.8 Å². The number of aromatic nitrogens is 1. The summed E-state index contributed by atoms with van der Waals surface area (Å²) >= 11 is 0.733. The molecule has 0 spiro atoms. The lowest BCUT2D eigenvalue weighted by molar-refractivity contribution is -0.156. The zero-order valence-electron chi connectivity index (χ0n) is 68.0. The number of amides is 18. The first kappa shape index (κ1) is 95.5. The van der Waals surface area contributed by atoms with E-state index in [1.807, 2.05) is 0 Å². The molecule has 0 aliphatic carbocycles. The van der Waals surface area contributed by atoms with Gasteiger partial charge in [0.2, 0.25) is 82.7 Å². The Bertz CT molecular complexity index is 4460. The summed E-state index contributed by atoms with van der Waals surface area (Å²) in [5.74, 6) is -25.6. The zero-order valence-corrected chi connectivity index (χ0v) is 68.8. The van der Waals surface area contributed by atoms with Crippen molar-refractivity contribution in [3.63, 3.8) is 0 Å². The molecular formula is C77H103N17O27S. The minimum Gasteiger partial charge on any atom is -0.426 e. The fourth-order valence-electron chi connectivity index (χ4n) is 13.9. The number of benzene rings is 1. The lowest BCUT2D eigenvalue weighted by atomic mass is 9.93. The third kappa shape index (κ3) is 25.3. The number of ether oxygens (including phenoxy) is 3. The molecule has 8 rings (SSSR count). The second kappa shape index (κ2) is 44.0. The highest BCUT2D eigenvalue weighted by Crippen LogP contribution is 2.37. The molecular weight excluding hydrogens is 1630 g/mol. The number of hydrogen-bond acceptors (Lipinski definition) is 28. The molecule has 6 aliphatic rings. The van der Waals surface area contributed by atoms with E-state index in [2.05, 4.69) is 68.8 Å². The van der Waals surface area contributed by atoms with Crippen LogP contribution in [0, 0.1) is 17.8 Å². The Kier molecular flexibility index (Phi) is 34.5. The van der Waals surface area contributed by atoms with Crippen LogP contribution in [0.15, 0.2) is 41.5 Å². The van der Waals surface area contributed by atoms with E-state index in [0.29, 0.717) is 9.80 Å². The summed E-state index contributed by atoms with van der Waals surface area (Å²) in [5, 5.41) is 62.3. The predicted molar refractivity (Wildman–Crippen MR) is 422 cm³/mol. The summed E-state index contributed by atoms with van der Waals surface area (Å²) in [5.41, 5.74) is 5.49. The van der Waals surface area contributed by atoms with Crippen molar-refractivity contribution in [2.45, 2.75) is 196 Å². The average molecular weight is 1730 g/mol. The molecule has 6 aliphatic heterocycles. The quantitative estimate of drug-likeness (QED) is 0.0630. The van der Waals surface area contributed by atoms with E-state index in [4.69, 9.17) is 19.9 Å². The highest BCUT2D eigenvalue weighted by atomic mass is 32.2. The van der Waals surface area contributed by atoms with Gasteiger partial charge in [-0.15, -0.1) is 11.8 Å². The number of primary amides is 1. The van der Waals surface area contributed by atoms with Gasteiger partial charge in [0.05, 0.1) is 80.1 Å². The van der Waals surface area contributed by atoms with Gasteiger partial charge in [0.1, 0.15) is 60.1 Å². The van der Waals surface area contributed by atoms with E-state index in [0.717, 1.165) is 41.0 Å². The monoisotopic (exact) mass is 1730 g/mol. The predicted octanol–water partition coefficient (Wildman–Crippen LogP) is -8.09. The molecule has 0 saturated carbocycles. The fourth-order valence-corrected chi connectivity index (χ4v) is 15.0. The van der Waals surface area contributed by atoms with Crippen molar-refractivity contribution in [1.82, 2.24) is 83.5 Å². The van der Waals surface area contributed by atoms with Crippen LogP contribution in [-0.4, -0.2) is 309 Å². The van der Waals surface area contributed by atoms with Gasteiger partial charge in [-0.05, 0) is 51.2 Å². The summed E-state index contributed by atoms with van der Waals surface area (Å²) in [4.78, 5) is 299. The Hall–Kier alpha value is -11.9. The fraction of sp³-hybridized carbons (Fsp3) is 0.571. The summed E-state index contributed by atoms with van der Waals surface area (Å²) < 4.78 is 17.3. The Labute approximate surface area is 702 Å². The maximum absolute atomic E-state index is 15.2. The van der Waals surface area contributed by atoms with Crippen LogP contribution in [0.3, 0.4) is 0 Å². The van der Waals surface area contributed by atoms with Gasteiger partial charge in [0, 0.05) is 124 Å². The molecule has 45 heteroatoms. The van der Waals surface area contributed by atoms with Crippen molar-refractivity contribution >= 4 is 147 Å². The number of aliphatic hydroxyl groups excluding tert-OH is 3. The van der Waals surface area contributed by atoms with Crippen LogP contribution in [0.1, 0.15) is 111 Å². The number of nitrogens with zero attached hydrogens (tertiary/aromatic N) is 3. The summed E-state index contributed by atoms with van der Waals surface area (Å²) in [6.45, 7) is 4.95. The molecule has 2 bridgehead atoms. The van der Waals surface area contributed by atoms with Crippen molar-refractivity contribution in [2.75, 3.05) is 71.5 Å². The first-order valence-electron chi connectivity index (χ1n) is 39.7. The Balaban J connectivity index is 1.17. The van der Waals surface area contributed by atoms with Crippen LogP contribution < -0.4 is 74.3 Å². The number of nitrogens with two attached hydrogens (primary N) is 1. The molecule has 7 unspecified atom stereocenters. The number of thioether (sulfide) groups is 1. The minimum absolute atomic E-state index is 0.00232. The summed E-state index contributed by atoms with van der Waals surface area (Å²) in [6.07, 6.45) is -3.60. The lowest BCUT2D eigenvalue weighted by Crippen LogP contribution is -2.66. The van der Waals surface area contributed by atoms with E-state index in [-0.39, 0.29) is 104 Å². The van der Waals surface area contributed by atoms with E-state index in [1.54, 1.807) is 13.8 Å². The van der Waals surface area contributed by atoms with Gasteiger partial charge >= 0.3 is 5.97 Å². The molecule has 1 saturated heterocycles. The molecule has 18 amide bonds. The van der Waals surface area contributed by atoms with Crippen LogP contribution in [0.5, 0.6) is 5.75 Å². The number of Topliss-reactive ketones (excluding diaryl/α,β-unsaturated/α-hetero) is 2. The van der Waals surface area contributed by atoms with Crippen LogP contribution in [0.2, 0.25) is 0 Å². The number of hydrogen-bond donors (Lipinski definition) is 17. The number of aromatic amines is 1. The van der Waals surface area contributed by atoms with Crippen molar-refractivity contribution in [2.24, 2.45) is 23.5 Å². The van der Waals surface area contributed by atoms with Crippen molar-refractivity contribution < 1.29 is 130 Å². The standard InChI is InChI=1S/C77H103N17O27S/c1-8-35(2)63-71(113)82-30-57(103)86-48-34-122-75-44(27-46(68(110)81-31-58(104)90-63)87-72(114)64(37(4)52(99)33-95)91-70(112)49-26-42(96)32-92(49)76(117)47(29-54(78)100)88-69(48)111)43-24-41-25-51(98)39(6)85-67(109)40(7)84-56(102)12-10-20-120-22-18-80-74(116)66(94-61(107)15-16-62(94)108)65(93-59(105)13-14-60(93)106)73(115)79-17-21-119-19-9-11-55(101)83-38(5)50(97)23-36(3)77(118)121-53(41)28-45(43)89-75/h13-16,24,28,35-40,42,46-49,52,63-66,89,95-96,99H,8-12,17-23,25-27,29-34H2,1-7H3,(H2,78,100)(H,79,115)(H,80,116)(H,81,110)(H,82,113)(H,83,101)(H,84,102)(H,85,109)(H,86,103)(H,87,114)(H,88,111)(H,90,104)(H,91,112)/t35-,36?,37?,38?,39?,40?,42+,46-,47-,48-,49-,52-,63-,64-,65?,66?/m0/s1. The third-order valence-corrected chi connectivity index (χ3v) is 22.2. The molecule has 1 aromatic heterocycles. The molecule has 18 N–H and O–H groups in total. The first-order chi connectivity index (χ1) is 57.8. The molecule has 1 aromatic carbocycles. The average Bonchev–Trinajstić information content (AvgIpc) is 1.60. The number of ketones is 2. The molecule has 16 atom stereocenters. The molecule has 7 heterocycles. The van der Waals surface area contributed by atoms with Gasteiger partial charge in [-0.1, -0.05) is 34.1 Å². The third-order valence-electron chi connectivity index (χ3n) is 21.1. The van der Waals surface area contributed by atoms with Gasteiger partial charge in [-0.2, -0.15) is 0 Å². The molecule has 1 fully saturated rings. The second-order valence-corrected chi connectivity index (χ2v) is 31.4. The Morgan fingerprint density at radius 2 is 1.14 bits per heavy atom. The number of H-pyrrole nitrogens is 1. The number of imide groups is 2. The van der Waals surface area contributed by atoms with Crippen LogP contribution in [0.25, 0.3) is 10.9 Å². The molecule has 44 nitrogen and oxygen atoms in total. The summed E-state index contributed by atoms with van der Waals surface area (Å²) in [7, 11) is 0. The zero-order chi connectivity index (χ0) is 89.7. The molecule has 664 valence electrons. The highest BCUT2D eigenvalue weighted by Gasteiger charge is 2.51. The van der Waals surface area contributed by atoms with Gasteiger partial charge in [0.15, 0.2) is 11.6 Å². The van der Waals surface area contributed by atoms with E-state index < -0.39 is 284 Å². The first-order valence-corrected chi connectivity index (χ1v) is 40.7. The van der Waals surface area contributed by atoms with Gasteiger partial charge < -0.3 is 109 Å². The van der Waals surface area contributed by atoms with Crippen molar-refractivity contribution in [1.29, 1.82) is 0 Å². The molecule has 2 aromatic rings. The topological polar surface area (TPSA) is 643 Å². The Morgan fingerprint density at radius 3 is 1.70 bits per heavy atom. The van der Waals surface area contributed by atoms with Crippen LogP contribution in [0.4, 0.5) is 0 Å². The molecule has 0 radical (unpaired) electrons. The van der Waals surface area contributed by atoms with Gasteiger partial charge in [-0.25, -0.2) is 0 Å². The van der Waals surface area contributed by atoms with E-state index >= 15 is 9.59 Å². The maximum atomic E-state index is 15.2. The van der Waals surface area contributed by atoms with Crippen molar-refractivity contribution in [3.8, 4) is 5.75 Å². The highest BCUT2D eigenvalue weighted by molar-refractivity contribution is 7.99. The van der Waals surface area contributed by atoms with Gasteiger partial charge in [-0.3, -0.25) is 110 Å². The number of nitrogens with one attached hydrogen (secondary N) is 13. The van der Waals surface area contributed by atoms with Crippen molar-refractivity contribution in [3.05, 3.63) is 47.6 Å². The number of carbonyl (C=O) groups excluding carboxylic acids is 21. The van der Waals surface area contributed by atoms with Crippen LogP contribution >= 0.6 is 11.8 Å². The number of fused-ring (bicyclic) bond motifs is 6. The summed E-state index contributed by atoms with van der Waals surface area (Å²) in [6, 6.07) is -16.4. The molecule has 122 heavy (non-hydrogen) atoms. The van der Waals surface area contributed by atoms with Gasteiger partial charge in [0.25, 0.3) is 23.6 Å². The lowest BCUT2D eigenvalue weighted by Gasteiger charge is -2.35. The number of rotatable bonds is 9. The number of aliphatic hydroxyl groups is 3. The largest absolute Gasteiger partial charge is 0.426 e. The number of carbonyl (C=O) groups is 21. The smallest absolute Gasteiger partial charge is 0.314 e. The number of esters is 1.